The number of aromatic nitrogens is 5. The number of tetrazole rings is 1. The largest absolute Gasteiger partial charge is 0.491 e. The summed E-state index contributed by atoms with van der Waals surface area (Å²) in [6.45, 7) is 3.23. The predicted molar refractivity (Wildman–Crippen MR) is 73.7 cm³/mol. The summed E-state index contributed by atoms with van der Waals surface area (Å²) in [5.41, 5.74) is 1.74. The molecule has 0 amide bonds. The average Bonchev–Trinajstić information content (AvgIpc) is 2.93. The van der Waals surface area contributed by atoms with E-state index in [-0.39, 0.29) is 0 Å². The minimum Gasteiger partial charge on any atom is -0.491 e. The van der Waals surface area contributed by atoms with Gasteiger partial charge in [-0.3, -0.25) is 0 Å². The standard InChI is InChI=1S/C13H14N6O/c1-10-4-2-3-5-11(10)20-9-8-14-12-6-7-13-15-17-18-19(13)16-12/h2-7H,8-9H2,1H3,(H,14,16). The van der Waals surface area contributed by atoms with E-state index >= 15 is 0 Å². The molecule has 102 valence electrons. The van der Waals surface area contributed by atoms with Crippen LogP contribution in [-0.4, -0.2) is 38.4 Å². The first-order chi connectivity index (χ1) is 9.83. The zero-order valence-corrected chi connectivity index (χ0v) is 11.0. The number of aryl methyl sites for hydroxylation is 1. The Labute approximate surface area is 115 Å². The Balaban J connectivity index is 1.53. The second-order valence-corrected chi connectivity index (χ2v) is 4.29. The molecule has 0 fully saturated rings. The molecule has 0 bridgehead atoms. The highest BCUT2D eigenvalue weighted by atomic mass is 16.5. The van der Waals surface area contributed by atoms with Gasteiger partial charge >= 0.3 is 0 Å². The van der Waals surface area contributed by atoms with Crippen LogP contribution in [0.5, 0.6) is 5.75 Å². The predicted octanol–water partition coefficient (Wildman–Crippen LogP) is 1.32. The number of fused-ring (bicyclic) bond motifs is 1. The minimum atomic E-state index is 0.556. The Morgan fingerprint density at radius 2 is 2.10 bits per heavy atom. The molecule has 7 nitrogen and oxygen atoms in total. The minimum absolute atomic E-state index is 0.556. The van der Waals surface area contributed by atoms with Crippen molar-refractivity contribution in [2.75, 3.05) is 18.5 Å². The third-order valence-corrected chi connectivity index (χ3v) is 2.83. The van der Waals surface area contributed by atoms with E-state index in [9.17, 15) is 0 Å². The summed E-state index contributed by atoms with van der Waals surface area (Å²) in [6, 6.07) is 11.6. The topological polar surface area (TPSA) is 77.2 Å². The Morgan fingerprint density at radius 1 is 1.20 bits per heavy atom. The molecule has 3 rings (SSSR count). The molecule has 0 aliphatic heterocycles. The van der Waals surface area contributed by atoms with Crippen molar-refractivity contribution in [3.05, 3.63) is 42.0 Å². The van der Waals surface area contributed by atoms with Crippen LogP contribution in [0.25, 0.3) is 5.65 Å². The lowest BCUT2D eigenvalue weighted by Crippen LogP contribution is -2.13. The van der Waals surface area contributed by atoms with Crippen LogP contribution < -0.4 is 10.1 Å². The first-order valence-electron chi connectivity index (χ1n) is 6.31. The summed E-state index contributed by atoms with van der Waals surface area (Å²) in [5, 5.41) is 18.4. The molecule has 1 N–H and O–H groups in total. The van der Waals surface area contributed by atoms with Crippen molar-refractivity contribution in [3.8, 4) is 5.75 Å². The highest BCUT2D eigenvalue weighted by Gasteiger charge is 2.01. The number of nitrogens with zero attached hydrogens (tertiary/aromatic N) is 5. The lowest BCUT2D eigenvalue weighted by atomic mass is 10.2. The fraction of sp³-hybridized carbons (Fsp3) is 0.231. The van der Waals surface area contributed by atoms with Gasteiger partial charge in [0.05, 0.1) is 6.54 Å². The molecule has 1 aromatic carbocycles. The van der Waals surface area contributed by atoms with E-state index in [1.165, 1.54) is 4.63 Å². The van der Waals surface area contributed by atoms with Gasteiger partial charge in [0.25, 0.3) is 0 Å². The molecule has 0 spiro atoms. The summed E-state index contributed by atoms with van der Waals surface area (Å²) in [7, 11) is 0. The molecule has 0 unspecified atom stereocenters. The molecular formula is C13H14N6O. The maximum atomic E-state index is 5.69. The smallest absolute Gasteiger partial charge is 0.200 e. The Bertz CT molecular complexity index is 711. The lowest BCUT2D eigenvalue weighted by molar-refractivity contribution is 0.330. The molecule has 2 aromatic heterocycles. The molecule has 0 aliphatic carbocycles. The third-order valence-electron chi connectivity index (χ3n) is 2.83. The SMILES string of the molecule is Cc1ccccc1OCCNc1ccc2nnnn2n1. The van der Waals surface area contributed by atoms with E-state index in [1.807, 2.05) is 37.3 Å². The van der Waals surface area contributed by atoms with Crippen LogP contribution in [0.15, 0.2) is 36.4 Å². The van der Waals surface area contributed by atoms with Gasteiger partial charge in [-0.25, -0.2) is 0 Å². The first-order valence-corrected chi connectivity index (χ1v) is 6.31. The summed E-state index contributed by atoms with van der Waals surface area (Å²) < 4.78 is 7.07. The zero-order valence-electron chi connectivity index (χ0n) is 11.0. The van der Waals surface area contributed by atoms with Crippen molar-refractivity contribution >= 4 is 11.5 Å². The van der Waals surface area contributed by atoms with Crippen molar-refractivity contribution in [3.63, 3.8) is 0 Å². The van der Waals surface area contributed by atoms with Crippen molar-refractivity contribution in [1.29, 1.82) is 0 Å². The Hall–Kier alpha value is -2.70. The highest BCUT2D eigenvalue weighted by molar-refractivity contribution is 5.42. The second kappa shape index (κ2) is 5.52. The number of benzene rings is 1. The number of rotatable bonds is 5. The van der Waals surface area contributed by atoms with E-state index in [2.05, 4.69) is 25.9 Å². The summed E-state index contributed by atoms with van der Waals surface area (Å²) in [5.74, 6) is 1.61. The van der Waals surface area contributed by atoms with E-state index in [0.29, 0.717) is 24.6 Å². The van der Waals surface area contributed by atoms with E-state index < -0.39 is 0 Å². The van der Waals surface area contributed by atoms with Gasteiger partial charge in [0, 0.05) is 0 Å². The van der Waals surface area contributed by atoms with E-state index in [4.69, 9.17) is 4.74 Å². The van der Waals surface area contributed by atoms with Crippen molar-refractivity contribution in [2.45, 2.75) is 6.92 Å². The van der Waals surface area contributed by atoms with Crippen LogP contribution in [0.2, 0.25) is 0 Å². The molecule has 0 atom stereocenters. The molecule has 3 aromatic rings. The zero-order chi connectivity index (χ0) is 13.8. The fourth-order valence-corrected chi connectivity index (χ4v) is 1.80. The van der Waals surface area contributed by atoms with Crippen molar-refractivity contribution < 1.29 is 4.74 Å². The molecule has 0 aliphatic rings. The molecule has 7 heteroatoms. The van der Waals surface area contributed by atoms with Gasteiger partial charge in [0.2, 0.25) is 0 Å². The Morgan fingerprint density at radius 3 is 3.00 bits per heavy atom. The summed E-state index contributed by atoms with van der Waals surface area (Å²) in [4.78, 5) is 0. The average molecular weight is 270 g/mol. The number of ether oxygens (including phenoxy) is 1. The van der Waals surface area contributed by atoms with Gasteiger partial charge in [0.15, 0.2) is 5.65 Å². The molecular weight excluding hydrogens is 256 g/mol. The van der Waals surface area contributed by atoms with Crippen LogP contribution in [-0.2, 0) is 0 Å². The van der Waals surface area contributed by atoms with Crippen molar-refractivity contribution in [2.24, 2.45) is 0 Å². The highest BCUT2D eigenvalue weighted by Crippen LogP contribution is 2.15. The number of hydrogen-bond acceptors (Lipinski definition) is 6. The number of para-hydroxylation sites is 1. The number of nitrogens with one attached hydrogen (secondary N) is 1. The van der Waals surface area contributed by atoms with Crippen LogP contribution >= 0.6 is 0 Å². The molecule has 0 saturated carbocycles. The summed E-state index contributed by atoms with van der Waals surface area (Å²) in [6.07, 6.45) is 0. The van der Waals surface area contributed by atoms with Gasteiger partial charge in [-0.2, -0.15) is 0 Å². The second-order valence-electron chi connectivity index (χ2n) is 4.29. The quantitative estimate of drug-likeness (QED) is 0.704. The van der Waals surface area contributed by atoms with E-state index in [0.717, 1.165) is 11.3 Å². The van der Waals surface area contributed by atoms with Crippen LogP contribution in [0.4, 0.5) is 5.82 Å². The molecule has 20 heavy (non-hydrogen) atoms. The van der Waals surface area contributed by atoms with Crippen LogP contribution in [0.1, 0.15) is 5.56 Å². The normalized spacial score (nSPS) is 10.7. The number of anilines is 1. The third kappa shape index (κ3) is 2.66. The van der Waals surface area contributed by atoms with Crippen molar-refractivity contribution in [1.82, 2.24) is 25.3 Å². The lowest BCUT2D eigenvalue weighted by Gasteiger charge is -2.09. The van der Waals surface area contributed by atoms with Gasteiger partial charge in [-0.05, 0) is 41.1 Å². The van der Waals surface area contributed by atoms with Crippen LogP contribution in [0.3, 0.4) is 0 Å². The van der Waals surface area contributed by atoms with Gasteiger partial charge < -0.3 is 10.1 Å². The summed E-state index contributed by atoms with van der Waals surface area (Å²) >= 11 is 0. The van der Waals surface area contributed by atoms with E-state index in [1.54, 1.807) is 6.07 Å². The monoisotopic (exact) mass is 270 g/mol. The number of hydrogen-bond donors (Lipinski definition) is 1. The fourth-order valence-electron chi connectivity index (χ4n) is 1.80. The van der Waals surface area contributed by atoms with Crippen LogP contribution in [0, 0.1) is 6.92 Å². The molecule has 2 heterocycles. The molecule has 0 saturated heterocycles. The van der Waals surface area contributed by atoms with Gasteiger partial charge in [-0.1, -0.05) is 18.2 Å². The molecule has 0 radical (unpaired) electrons. The first kappa shape index (κ1) is 12.3. The Kier molecular flexibility index (Phi) is 3.40. The maximum absolute atomic E-state index is 5.69. The van der Waals surface area contributed by atoms with Gasteiger partial charge in [0.1, 0.15) is 18.2 Å². The van der Waals surface area contributed by atoms with Gasteiger partial charge in [-0.15, -0.1) is 14.8 Å². The maximum Gasteiger partial charge on any atom is 0.200 e.